The molecule has 1 atom stereocenters. The summed E-state index contributed by atoms with van der Waals surface area (Å²) in [5.41, 5.74) is 6.01. The molecule has 0 aromatic heterocycles. The van der Waals surface area contributed by atoms with Crippen molar-refractivity contribution in [2.75, 3.05) is 20.8 Å². The number of methoxy groups -OCH3 is 2. The van der Waals surface area contributed by atoms with E-state index in [0.717, 1.165) is 0 Å². The van der Waals surface area contributed by atoms with Gasteiger partial charge in [-0.15, -0.1) is 0 Å². The fourth-order valence-corrected chi connectivity index (χ4v) is 1.37. The summed E-state index contributed by atoms with van der Waals surface area (Å²) in [5, 5.41) is 0. The molecule has 0 aliphatic rings. The smallest absolute Gasteiger partial charge is 0.170 e. The van der Waals surface area contributed by atoms with Crippen LogP contribution in [0.4, 0.5) is 0 Å². The molecule has 1 unspecified atom stereocenters. The van der Waals surface area contributed by atoms with Gasteiger partial charge in [-0.3, -0.25) is 4.79 Å². The third-order valence-corrected chi connectivity index (χ3v) is 2.48. The maximum absolute atomic E-state index is 12.0. The van der Waals surface area contributed by atoms with E-state index in [2.05, 4.69) is 0 Å². The second-order valence-electron chi connectivity index (χ2n) is 3.57. The van der Waals surface area contributed by atoms with Crippen molar-refractivity contribution in [2.24, 2.45) is 11.7 Å². The fourth-order valence-electron chi connectivity index (χ4n) is 1.37. The van der Waals surface area contributed by atoms with Crippen molar-refractivity contribution in [3.05, 3.63) is 23.8 Å². The molecule has 0 heterocycles. The van der Waals surface area contributed by atoms with Crippen molar-refractivity contribution in [1.29, 1.82) is 0 Å². The van der Waals surface area contributed by atoms with Gasteiger partial charge in [0.1, 0.15) is 11.5 Å². The molecule has 0 saturated heterocycles. The number of hydrogen-bond donors (Lipinski definition) is 1. The first-order chi connectivity index (χ1) is 7.63. The molecular weight excluding hydrogens is 206 g/mol. The Balaban J connectivity index is 3.08. The molecule has 16 heavy (non-hydrogen) atoms. The summed E-state index contributed by atoms with van der Waals surface area (Å²) < 4.78 is 10.2. The molecule has 1 rings (SSSR count). The number of benzene rings is 1. The zero-order valence-corrected chi connectivity index (χ0v) is 9.82. The van der Waals surface area contributed by atoms with Crippen LogP contribution in [-0.2, 0) is 0 Å². The molecule has 4 nitrogen and oxygen atoms in total. The Morgan fingerprint density at radius 3 is 2.56 bits per heavy atom. The monoisotopic (exact) mass is 223 g/mol. The second kappa shape index (κ2) is 5.51. The van der Waals surface area contributed by atoms with E-state index in [9.17, 15) is 4.79 Å². The summed E-state index contributed by atoms with van der Waals surface area (Å²) >= 11 is 0. The summed E-state index contributed by atoms with van der Waals surface area (Å²) in [4.78, 5) is 12.0. The summed E-state index contributed by atoms with van der Waals surface area (Å²) in [7, 11) is 3.09. The van der Waals surface area contributed by atoms with Gasteiger partial charge in [-0.05, 0) is 12.1 Å². The number of carbonyl (C=O) groups excluding carboxylic acids is 1. The molecule has 1 aromatic carbocycles. The van der Waals surface area contributed by atoms with Gasteiger partial charge in [0.2, 0.25) is 0 Å². The Morgan fingerprint density at radius 1 is 1.38 bits per heavy atom. The number of Topliss-reactive ketones (excluding diaryl/α,β-unsaturated/α-hetero) is 1. The third kappa shape index (κ3) is 2.52. The SMILES string of the molecule is COc1ccc(C(=O)C(C)CN)c(OC)c1. The van der Waals surface area contributed by atoms with E-state index in [1.165, 1.54) is 7.11 Å². The minimum atomic E-state index is -0.206. The van der Waals surface area contributed by atoms with Crippen molar-refractivity contribution < 1.29 is 14.3 Å². The molecule has 0 bridgehead atoms. The fraction of sp³-hybridized carbons (Fsp3) is 0.417. The number of ether oxygens (including phenoxy) is 2. The highest BCUT2D eigenvalue weighted by molar-refractivity contribution is 6.00. The molecule has 0 saturated carbocycles. The molecule has 0 radical (unpaired) electrons. The van der Waals surface area contributed by atoms with Crippen LogP contribution in [0.5, 0.6) is 11.5 Å². The van der Waals surface area contributed by atoms with E-state index in [0.29, 0.717) is 23.6 Å². The number of nitrogens with two attached hydrogens (primary N) is 1. The van der Waals surface area contributed by atoms with Gasteiger partial charge in [0, 0.05) is 18.5 Å². The Hall–Kier alpha value is -1.55. The molecule has 0 aliphatic heterocycles. The van der Waals surface area contributed by atoms with E-state index in [-0.39, 0.29) is 11.7 Å². The summed E-state index contributed by atoms with van der Waals surface area (Å²) in [6, 6.07) is 5.13. The third-order valence-electron chi connectivity index (χ3n) is 2.48. The normalized spacial score (nSPS) is 12.0. The number of carbonyl (C=O) groups is 1. The predicted octanol–water partition coefficient (Wildman–Crippen LogP) is 1.48. The first-order valence-corrected chi connectivity index (χ1v) is 5.10. The van der Waals surface area contributed by atoms with Crippen molar-refractivity contribution >= 4 is 5.78 Å². The van der Waals surface area contributed by atoms with E-state index in [4.69, 9.17) is 15.2 Å². The highest BCUT2D eigenvalue weighted by Crippen LogP contribution is 2.26. The van der Waals surface area contributed by atoms with Crippen LogP contribution in [-0.4, -0.2) is 26.5 Å². The maximum Gasteiger partial charge on any atom is 0.170 e. The molecule has 0 spiro atoms. The van der Waals surface area contributed by atoms with Crippen LogP contribution < -0.4 is 15.2 Å². The van der Waals surface area contributed by atoms with Crippen LogP contribution >= 0.6 is 0 Å². The molecule has 88 valence electrons. The van der Waals surface area contributed by atoms with Gasteiger partial charge in [0.25, 0.3) is 0 Å². The largest absolute Gasteiger partial charge is 0.497 e. The van der Waals surface area contributed by atoms with E-state index >= 15 is 0 Å². The maximum atomic E-state index is 12.0. The Bertz CT molecular complexity index is 377. The van der Waals surface area contributed by atoms with Gasteiger partial charge in [0.05, 0.1) is 19.8 Å². The first kappa shape index (κ1) is 12.5. The standard InChI is InChI=1S/C12H17NO3/c1-8(7-13)12(14)10-5-4-9(15-2)6-11(10)16-3/h4-6,8H,7,13H2,1-3H3. The van der Waals surface area contributed by atoms with Crippen molar-refractivity contribution in [3.63, 3.8) is 0 Å². The quantitative estimate of drug-likeness (QED) is 0.768. The van der Waals surface area contributed by atoms with Crippen molar-refractivity contribution in [3.8, 4) is 11.5 Å². The lowest BCUT2D eigenvalue weighted by atomic mass is 9.98. The Labute approximate surface area is 95.3 Å². The Morgan fingerprint density at radius 2 is 2.06 bits per heavy atom. The molecule has 0 aliphatic carbocycles. The van der Waals surface area contributed by atoms with E-state index < -0.39 is 0 Å². The van der Waals surface area contributed by atoms with Crippen LogP contribution in [0.25, 0.3) is 0 Å². The summed E-state index contributed by atoms with van der Waals surface area (Å²) in [6.07, 6.45) is 0. The number of ketones is 1. The summed E-state index contributed by atoms with van der Waals surface area (Å²) in [5.74, 6) is 0.961. The van der Waals surface area contributed by atoms with E-state index in [1.807, 2.05) is 0 Å². The van der Waals surface area contributed by atoms with E-state index in [1.54, 1.807) is 32.2 Å². The van der Waals surface area contributed by atoms with Crippen molar-refractivity contribution in [2.45, 2.75) is 6.92 Å². The predicted molar refractivity (Wildman–Crippen MR) is 62.1 cm³/mol. The van der Waals surface area contributed by atoms with Crippen LogP contribution in [0.3, 0.4) is 0 Å². The van der Waals surface area contributed by atoms with Gasteiger partial charge in [-0.25, -0.2) is 0 Å². The lowest BCUT2D eigenvalue weighted by Crippen LogP contribution is -2.21. The van der Waals surface area contributed by atoms with Gasteiger partial charge < -0.3 is 15.2 Å². The lowest BCUT2D eigenvalue weighted by molar-refractivity contribution is 0.0931. The average molecular weight is 223 g/mol. The van der Waals surface area contributed by atoms with Gasteiger partial charge in [-0.2, -0.15) is 0 Å². The van der Waals surface area contributed by atoms with Crippen LogP contribution in [0.15, 0.2) is 18.2 Å². The molecule has 2 N–H and O–H groups in total. The number of rotatable bonds is 5. The second-order valence-corrected chi connectivity index (χ2v) is 3.57. The minimum Gasteiger partial charge on any atom is -0.497 e. The van der Waals surface area contributed by atoms with Crippen LogP contribution in [0.2, 0.25) is 0 Å². The first-order valence-electron chi connectivity index (χ1n) is 5.10. The van der Waals surface area contributed by atoms with Crippen LogP contribution in [0, 0.1) is 5.92 Å². The Kier molecular flexibility index (Phi) is 4.31. The number of hydrogen-bond acceptors (Lipinski definition) is 4. The van der Waals surface area contributed by atoms with Gasteiger partial charge >= 0.3 is 0 Å². The zero-order valence-electron chi connectivity index (χ0n) is 9.82. The van der Waals surface area contributed by atoms with Gasteiger partial charge in [-0.1, -0.05) is 6.92 Å². The van der Waals surface area contributed by atoms with Gasteiger partial charge in [0.15, 0.2) is 5.78 Å². The molecule has 0 amide bonds. The zero-order chi connectivity index (χ0) is 12.1. The average Bonchev–Trinajstić information content (AvgIpc) is 2.35. The lowest BCUT2D eigenvalue weighted by Gasteiger charge is -2.12. The molecule has 1 aromatic rings. The highest BCUT2D eigenvalue weighted by Gasteiger charge is 2.18. The highest BCUT2D eigenvalue weighted by atomic mass is 16.5. The molecular formula is C12H17NO3. The molecule has 0 fully saturated rings. The minimum absolute atomic E-state index is 0.0120. The topological polar surface area (TPSA) is 61.5 Å². The summed E-state index contributed by atoms with van der Waals surface area (Å²) in [6.45, 7) is 2.13. The molecule has 4 heteroatoms. The van der Waals surface area contributed by atoms with Crippen LogP contribution in [0.1, 0.15) is 17.3 Å². The van der Waals surface area contributed by atoms with Crippen molar-refractivity contribution in [1.82, 2.24) is 0 Å².